The molecular formula is C20H20F3N3O5S. The van der Waals surface area contributed by atoms with Crippen molar-refractivity contribution in [3.05, 3.63) is 47.5 Å². The van der Waals surface area contributed by atoms with Gasteiger partial charge in [0, 0.05) is 18.8 Å². The summed E-state index contributed by atoms with van der Waals surface area (Å²) in [7, 11) is -2.98. The molecule has 0 aliphatic carbocycles. The van der Waals surface area contributed by atoms with Gasteiger partial charge in [0.05, 0.1) is 22.7 Å². The lowest BCUT2D eigenvalue weighted by molar-refractivity contribution is -0.137. The van der Waals surface area contributed by atoms with E-state index in [1.165, 1.54) is 39.1 Å². The summed E-state index contributed by atoms with van der Waals surface area (Å²) in [5, 5.41) is 4.88. The highest BCUT2D eigenvalue weighted by atomic mass is 32.2. The third-order valence-corrected chi connectivity index (χ3v) is 6.68. The zero-order chi connectivity index (χ0) is 23.8. The first kappa shape index (κ1) is 23.5. The van der Waals surface area contributed by atoms with Crippen LogP contribution in [0.25, 0.3) is 0 Å². The Kier molecular flexibility index (Phi) is 6.20. The number of amides is 2. The van der Waals surface area contributed by atoms with Crippen molar-refractivity contribution in [1.82, 2.24) is 4.31 Å². The van der Waals surface area contributed by atoms with E-state index >= 15 is 0 Å². The number of nitrogens with zero attached hydrogens (tertiary/aromatic N) is 1. The Bertz CT molecular complexity index is 1180. The van der Waals surface area contributed by atoms with Crippen molar-refractivity contribution < 1.29 is 35.9 Å². The Morgan fingerprint density at radius 2 is 1.94 bits per heavy atom. The summed E-state index contributed by atoms with van der Waals surface area (Å²) < 4.78 is 70.7. The Hall–Kier alpha value is -3.12. The molecule has 1 aliphatic rings. The number of ether oxygens (including phenoxy) is 1. The van der Waals surface area contributed by atoms with Crippen LogP contribution < -0.4 is 15.4 Å². The van der Waals surface area contributed by atoms with Gasteiger partial charge in [0.2, 0.25) is 15.9 Å². The lowest BCUT2D eigenvalue weighted by atomic mass is 10.1. The number of hydrogen-bond acceptors (Lipinski definition) is 5. The van der Waals surface area contributed by atoms with Crippen LogP contribution >= 0.6 is 0 Å². The van der Waals surface area contributed by atoms with Gasteiger partial charge >= 0.3 is 6.18 Å². The second-order valence-corrected chi connectivity index (χ2v) is 9.26. The number of alkyl halides is 3. The predicted molar refractivity (Wildman–Crippen MR) is 110 cm³/mol. The fraction of sp³-hybridized carbons (Fsp3) is 0.300. The molecule has 8 nitrogen and oxygen atoms in total. The number of carbonyl (C=O) groups excluding carboxylic acids is 2. The van der Waals surface area contributed by atoms with E-state index in [0.717, 1.165) is 22.5 Å². The molecule has 0 saturated carbocycles. The lowest BCUT2D eigenvalue weighted by Crippen LogP contribution is -2.36. The predicted octanol–water partition coefficient (Wildman–Crippen LogP) is 2.99. The topological polar surface area (TPSA) is 105 Å². The number of anilines is 2. The number of hydrogen-bond donors (Lipinski definition) is 2. The van der Waals surface area contributed by atoms with Crippen molar-refractivity contribution in [2.75, 3.05) is 24.2 Å². The molecule has 2 aromatic carbocycles. The number of aryl methyl sites for hydroxylation is 1. The largest absolute Gasteiger partial charge is 0.479 e. The van der Waals surface area contributed by atoms with Gasteiger partial charge in [-0.1, -0.05) is 6.07 Å². The Morgan fingerprint density at radius 1 is 1.25 bits per heavy atom. The molecule has 3 rings (SSSR count). The van der Waals surface area contributed by atoms with Crippen molar-refractivity contribution >= 4 is 33.2 Å². The second-order valence-electron chi connectivity index (χ2n) is 7.25. The lowest BCUT2D eigenvalue weighted by Gasteiger charge is -2.25. The molecule has 0 radical (unpaired) electrons. The van der Waals surface area contributed by atoms with Crippen LogP contribution in [0.2, 0.25) is 0 Å². The van der Waals surface area contributed by atoms with Gasteiger partial charge in [-0.15, -0.1) is 0 Å². The number of carbonyl (C=O) groups is 2. The van der Waals surface area contributed by atoms with Gasteiger partial charge < -0.3 is 15.4 Å². The van der Waals surface area contributed by atoms with Crippen molar-refractivity contribution in [3.8, 4) is 5.75 Å². The molecule has 32 heavy (non-hydrogen) atoms. The van der Waals surface area contributed by atoms with E-state index in [9.17, 15) is 31.2 Å². The zero-order valence-electron chi connectivity index (χ0n) is 17.3. The standard InChI is InChI=1S/C20H20F3N3O5S/c1-11-7-15-16(31-12(2)19(28)25-15)9-17(11)32(29,30)26(3)10-18(27)24-14-6-4-5-13(8-14)20(21,22)23/h4-9,12H,10H2,1-3H3,(H,24,27)(H,25,28)/t12-/m1/s1. The van der Waals surface area contributed by atoms with Crippen LogP contribution in [0, 0.1) is 6.92 Å². The molecule has 1 atom stereocenters. The van der Waals surface area contributed by atoms with Gasteiger partial charge in [0.15, 0.2) is 6.10 Å². The summed E-state index contributed by atoms with van der Waals surface area (Å²) in [5.74, 6) is -1.01. The number of fused-ring (bicyclic) bond motifs is 1. The van der Waals surface area contributed by atoms with Crippen molar-refractivity contribution in [1.29, 1.82) is 0 Å². The summed E-state index contributed by atoms with van der Waals surface area (Å²) >= 11 is 0. The molecule has 1 aliphatic heterocycles. The van der Waals surface area contributed by atoms with Crippen LogP contribution in [0.3, 0.4) is 0 Å². The van der Waals surface area contributed by atoms with E-state index in [2.05, 4.69) is 10.6 Å². The Morgan fingerprint density at radius 3 is 2.59 bits per heavy atom. The summed E-state index contributed by atoms with van der Waals surface area (Å²) in [5.41, 5.74) is -0.414. The highest BCUT2D eigenvalue weighted by Crippen LogP contribution is 2.35. The molecule has 0 spiro atoms. The molecule has 2 amide bonds. The molecular weight excluding hydrogens is 451 g/mol. The van der Waals surface area contributed by atoms with Gasteiger partial charge in [-0.2, -0.15) is 17.5 Å². The number of halogens is 3. The first-order valence-electron chi connectivity index (χ1n) is 9.34. The summed E-state index contributed by atoms with van der Waals surface area (Å²) in [6.45, 7) is 2.40. The van der Waals surface area contributed by atoms with Crippen molar-refractivity contribution in [2.45, 2.75) is 31.0 Å². The Balaban J connectivity index is 1.78. The average Bonchev–Trinajstić information content (AvgIpc) is 2.68. The molecule has 0 unspecified atom stereocenters. The minimum absolute atomic E-state index is 0.112. The zero-order valence-corrected chi connectivity index (χ0v) is 18.1. The quantitative estimate of drug-likeness (QED) is 0.698. The van der Waals surface area contributed by atoms with E-state index < -0.39 is 40.3 Å². The van der Waals surface area contributed by atoms with Gasteiger partial charge in [-0.3, -0.25) is 9.59 Å². The number of sulfonamides is 1. The van der Waals surface area contributed by atoms with E-state index in [1.54, 1.807) is 0 Å². The second kappa shape index (κ2) is 8.43. The highest BCUT2D eigenvalue weighted by molar-refractivity contribution is 7.89. The third-order valence-electron chi connectivity index (χ3n) is 4.74. The van der Waals surface area contributed by atoms with Crippen molar-refractivity contribution in [3.63, 3.8) is 0 Å². The molecule has 172 valence electrons. The minimum atomic E-state index is -4.58. The van der Waals surface area contributed by atoms with Gasteiger partial charge in [-0.05, 0) is 43.7 Å². The number of benzene rings is 2. The van der Waals surface area contributed by atoms with Crippen LogP contribution in [0.4, 0.5) is 24.5 Å². The first-order chi connectivity index (χ1) is 14.8. The smallest absolute Gasteiger partial charge is 0.416 e. The Labute approximate surface area is 182 Å². The van der Waals surface area contributed by atoms with E-state index in [1.807, 2.05) is 0 Å². The molecule has 0 saturated heterocycles. The van der Waals surface area contributed by atoms with Gasteiger partial charge in [0.1, 0.15) is 5.75 Å². The van der Waals surface area contributed by atoms with Crippen LogP contribution in [-0.4, -0.2) is 44.2 Å². The maximum absolute atomic E-state index is 13.0. The minimum Gasteiger partial charge on any atom is -0.479 e. The third kappa shape index (κ3) is 4.86. The van der Waals surface area contributed by atoms with E-state index in [0.29, 0.717) is 11.3 Å². The van der Waals surface area contributed by atoms with E-state index in [4.69, 9.17) is 4.74 Å². The molecule has 2 N–H and O–H groups in total. The van der Waals surface area contributed by atoms with Crippen LogP contribution in [0.5, 0.6) is 5.75 Å². The molecule has 0 aromatic heterocycles. The highest BCUT2D eigenvalue weighted by Gasteiger charge is 2.32. The molecule has 0 fully saturated rings. The monoisotopic (exact) mass is 471 g/mol. The molecule has 12 heteroatoms. The van der Waals surface area contributed by atoms with Gasteiger partial charge in [0.25, 0.3) is 5.91 Å². The fourth-order valence-electron chi connectivity index (χ4n) is 3.05. The molecule has 0 bridgehead atoms. The number of rotatable bonds is 5. The number of likely N-dealkylation sites (N-methyl/N-ethyl adjacent to an activating group) is 1. The fourth-order valence-corrected chi connectivity index (χ4v) is 4.39. The van der Waals surface area contributed by atoms with E-state index in [-0.39, 0.29) is 22.2 Å². The molecule has 2 aromatic rings. The van der Waals surface area contributed by atoms with Crippen LogP contribution in [0.1, 0.15) is 18.1 Å². The number of nitrogens with one attached hydrogen (secondary N) is 2. The normalized spacial score (nSPS) is 16.2. The van der Waals surface area contributed by atoms with Crippen LogP contribution in [-0.2, 0) is 25.8 Å². The first-order valence-corrected chi connectivity index (χ1v) is 10.8. The summed E-state index contributed by atoms with van der Waals surface area (Å²) in [6, 6.07) is 6.72. The van der Waals surface area contributed by atoms with Crippen molar-refractivity contribution in [2.24, 2.45) is 0 Å². The average molecular weight is 471 g/mol. The van der Waals surface area contributed by atoms with Gasteiger partial charge in [-0.25, -0.2) is 8.42 Å². The maximum atomic E-state index is 13.0. The maximum Gasteiger partial charge on any atom is 0.416 e. The molecule has 1 heterocycles. The SMILES string of the molecule is Cc1cc2c(cc1S(=O)(=O)N(C)CC(=O)Nc1cccc(C(F)(F)F)c1)O[C@H](C)C(=O)N2. The summed E-state index contributed by atoms with van der Waals surface area (Å²) in [6.07, 6.45) is -5.39. The summed E-state index contributed by atoms with van der Waals surface area (Å²) in [4.78, 5) is 23.9. The van der Waals surface area contributed by atoms with Crippen LogP contribution in [0.15, 0.2) is 41.3 Å².